The van der Waals surface area contributed by atoms with Crippen molar-refractivity contribution in [1.29, 1.82) is 0 Å². The molecule has 0 spiro atoms. The summed E-state index contributed by atoms with van der Waals surface area (Å²) in [6, 6.07) is 4.48. The quantitative estimate of drug-likeness (QED) is 0.793. The van der Waals surface area contributed by atoms with E-state index in [1.54, 1.807) is 11.3 Å². The maximum absolute atomic E-state index is 11.7. The molecular weight excluding hydrogens is 244 g/mol. The Morgan fingerprint density at radius 2 is 2.28 bits per heavy atom. The number of thiophene rings is 1. The second-order valence-electron chi connectivity index (χ2n) is 5.26. The van der Waals surface area contributed by atoms with E-state index in [-0.39, 0.29) is 11.9 Å². The molecule has 2 rings (SSSR count). The third-order valence-electron chi connectivity index (χ3n) is 3.13. The molecule has 4 heteroatoms. The Bertz CT molecular complexity index is 398. The van der Waals surface area contributed by atoms with E-state index < -0.39 is 0 Å². The zero-order valence-electron chi connectivity index (χ0n) is 11.2. The first-order valence-corrected chi connectivity index (χ1v) is 7.50. The molecule has 1 aromatic rings. The molecule has 0 bridgehead atoms. The van der Waals surface area contributed by atoms with Crippen LogP contribution in [-0.2, 0) is 11.2 Å². The van der Waals surface area contributed by atoms with Gasteiger partial charge in [-0.15, -0.1) is 11.3 Å². The summed E-state index contributed by atoms with van der Waals surface area (Å²) in [5.41, 5.74) is 0. The maximum Gasteiger partial charge on any atom is 0.234 e. The third kappa shape index (κ3) is 4.78. The molecule has 18 heavy (non-hydrogen) atoms. The van der Waals surface area contributed by atoms with Crippen LogP contribution in [0.25, 0.3) is 0 Å². The van der Waals surface area contributed by atoms with Gasteiger partial charge in [0.2, 0.25) is 5.91 Å². The lowest BCUT2D eigenvalue weighted by Crippen LogP contribution is -2.40. The van der Waals surface area contributed by atoms with Crippen LogP contribution in [0.3, 0.4) is 0 Å². The van der Waals surface area contributed by atoms with E-state index >= 15 is 0 Å². The first-order chi connectivity index (χ1) is 8.63. The van der Waals surface area contributed by atoms with Gasteiger partial charge in [-0.2, -0.15) is 0 Å². The molecule has 0 aliphatic heterocycles. The molecule has 0 saturated heterocycles. The van der Waals surface area contributed by atoms with Crippen molar-refractivity contribution in [3.05, 3.63) is 21.9 Å². The van der Waals surface area contributed by atoms with E-state index in [1.165, 1.54) is 22.6 Å². The van der Waals surface area contributed by atoms with Gasteiger partial charge in [0.05, 0.1) is 6.54 Å². The molecule has 1 aromatic heterocycles. The maximum atomic E-state index is 11.7. The highest BCUT2D eigenvalue weighted by molar-refractivity contribution is 7.11. The van der Waals surface area contributed by atoms with Crippen molar-refractivity contribution in [1.82, 2.24) is 10.6 Å². The summed E-state index contributed by atoms with van der Waals surface area (Å²) < 4.78 is 0. The largest absolute Gasteiger partial charge is 0.352 e. The minimum Gasteiger partial charge on any atom is -0.352 e. The summed E-state index contributed by atoms with van der Waals surface area (Å²) in [6.07, 6.45) is 3.57. The van der Waals surface area contributed by atoms with Gasteiger partial charge in [0.15, 0.2) is 0 Å². The van der Waals surface area contributed by atoms with Gasteiger partial charge in [-0.3, -0.25) is 4.79 Å². The average molecular weight is 266 g/mol. The average Bonchev–Trinajstić information content (AvgIpc) is 3.02. The number of amides is 1. The summed E-state index contributed by atoms with van der Waals surface area (Å²) in [4.78, 5) is 14.3. The molecule has 2 N–H and O–H groups in total. The fraction of sp³-hybridized carbons (Fsp3) is 0.643. The standard InChI is InChI=1S/C14H22N2OS/c1-10(7-13-6-3-11(2)18-13)16-14(17)9-15-8-12-4-5-12/h3,6,10,12,15H,4-5,7-9H2,1-2H3,(H,16,17). The Labute approximate surface area is 113 Å². The van der Waals surface area contributed by atoms with Crippen molar-refractivity contribution in [2.45, 2.75) is 39.2 Å². The number of rotatable bonds is 7. The van der Waals surface area contributed by atoms with Crippen molar-refractivity contribution in [3.8, 4) is 0 Å². The van der Waals surface area contributed by atoms with Crippen molar-refractivity contribution in [2.24, 2.45) is 5.92 Å². The van der Waals surface area contributed by atoms with Crippen LogP contribution in [0.15, 0.2) is 12.1 Å². The van der Waals surface area contributed by atoms with Gasteiger partial charge >= 0.3 is 0 Å². The Morgan fingerprint density at radius 1 is 1.50 bits per heavy atom. The van der Waals surface area contributed by atoms with Crippen LogP contribution in [0.2, 0.25) is 0 Å². The monoisotopic (exact) mass is 266 g/mol. The van der Waals surface area contributed by atoms with E-state index in [2.05, 4.69) is 36.6 Å². The Hall–Kier alpha value is -0.870. The zero-order chi connectivity index (χ0) is 13.0. The minimum absolute atomic E-state index is 0.108. The molecule has 1 heterocycles. The molecule has 1 amide bonds. The third-order valence-corrected chi connectivity index (χ3v) is 4.15. The van der Waals surface area contributed by atoms with E-state index in [0.29, 0.717) is 6.54 Å². The SMILES string of the molecule is Cc1ccc(CC(C)NC(=O)CNCC2CC2)s1. The van der Waals surface area contributed by atoms with E-state index in [4.69, 9.17) is 0 Å². The Balaban J connectivity index is 1.62. The topological polar surface area (TPSA) is 41.1 Å². The van der Waals surface area contributed by atoms with Crippen LogP contribution < -0.4 is 10.6 Å². The highest BCUT2D eigenvalue weighted by Gasteiger charge is 2.20. The van der Waals surface area contributed by atoms with Crippen LogP contribution in [0.4, 0.5) is 0 Å². The first-order valence-electron chi connectivity index (χ1n) is 6.69. The first kappa shape index (κ1) is 13.6. The molecule has 1 atom stereocenters. The number of carbonyl (C=O) groups excluding carboxylic acids is 1. The fourth-order valence-electron chi connectivity index (χ4n) is 1.99. The van der Waals surface area contributed by atoms with Gasteiger partial charge in [0, 0.05) is 22.2 Å². The normalized spacial score (nSPS) is 16.6. The smallest absolute Gasteiger partial charge is 0.234 e. The number of carbonyl (C=O) groups is 1. The van der Waals surface area contributed by atoms with Crippen LogP contribution in [0, 0.1) is 12.8 Å². The lowest BCUT2D eigenvalue weighted by atomic mass is 10.2. The van der Waals surface area contributed by atoms with Gasteiger partial charge in [0.1, 0.15) is 0 Å². The number of hydrogen-bond acceptors (Lipinski definition) is 3. The molecule has 3 nitrogen and oxygen atoms in total. The summed E-state index contributed by atoms with van der Waals surface area (Å²) >= 11 is 1.81. The molecule has 1 unspecified atom stereocenters. The molecule has 1 aliphatic carbocycles. The number of aryl methyl sites for hydroxylation is 1. The van der Waals surface area contributed by atoms with Crippen molar-refractivity contribution in [2.75, 3.05) is 13.1 Å². The van der Waals surface area contributed by atoms with E-state index in [0.717, 1.165) is 18.9 Å². The lowest BCUT2D eigenvalue weighted by molar-refractivity contribution is -0.120. The Kier molecular flexibility index (Phi) is 4.78. The summed E-state index contributed by atoms with van der Waals surface area (Å²) in [7, 11) is 0. The van der Waals surface area contributed by atoms with Gasteiger partial charge in [-0.25, -0.2) is 0 Å². The predicted molar refractivity (Wildman–Crippen MR) is 76.0 cm³/mol. The number of nitrogens with one attached hydrogen (secondary N) is 2. The second kappa shape index (κ2) is 6.34. The summed E-state index contributed by atoms with van der Waals surface area (Å²) in [5.74, 6) is 0.931. The van der Waals surface area contributed by atoms with Crippen LogP contribution in [-0.4, -0.2) is 25.0 Å². The highest BCUT2D eigenvalue weighted by atomic mass is 32.1. The second-order valence-corrected chi connectivity index (χ2v) is 6.63. The molecule has 1 fully saturated rings. The molecule has 100 valence electrons. The summed E-state index contributed by atoms with van der Waals surface area (Å²) in [5, 5.41) is 6.25. The van der Waals surface area contributed by atoms with Crippen LogP contribution >= 0.6 is 11.3 Å². The Morgan fingerprint density at radius 3 is 2.89 bits per heavy atom. The van der Waals surface area contributed by atoms with E-state index in [9.17, 15) is 4.79 Å². The van der Waals surface area contributed by atoms with Gasteiger partial charge in [0.25, 0.3) is 0 Å². The van der Waals surface area contributed by atoms with Crippen LogP contribution in [0.5, 0.6) is 0 Å². The van der Waals surface area contributed by atoms with Gasteiger partial charge in [-0.05, 0) is 51.3 Å². The minimum atomic E-state index is 0.108. The van der Waals surface area contributed by atoms with Crippen LogP contribution in [0.1, 0.15) is 29.5 Å². The van der Waals surface area contributed by atoms with Crippen molar-refractivity contribution >= 4 is 17.2 Å². The fourth-order valence-corrected chi connectivity index (χ4v) is 3.00. The predicted octanol–water partition coefficient (Wildman–Crippen LogP) is 2.10. The molecule has 1 aliphatic rings. The zero-order valence-corrected chi connectivity index (χ0v) is 12.0. The lowest BCUT2D eigenvalue weighted by Gasteiger charge is -2.13. The highest BCUT2D eigenvalue weighted by Crippen LogP contribution is 2.27. The number of hydrogen-bond donors (Lipinski definition) is 2. The molecular formula is C14H22N2OS. The van der Waals surface area contributed by atoms with Gasteiger partial charge < -0.3 is 10.6 Å². The van der Waals surface area contributed by atoms with Crippen molar-refractivity contribution < 1.29 is 4.79 Å². The van der Waals surface area contributed by atoms with Crippen molar-refractivity contribution in [3.63, 3.8) is 0 Å². The molecule has 0 radical (unpaired) electrons. The van der Waals surface area contributed by atoms with E-state index in [1.807, 2.05) is 0 Å². The van der Waals surface area contributed by atoms with Gasteiger partial charge in [-0.1, -0.05) is 0 Å². The summed E-state index contributed by atoms with van der Waals surface area (Å²) in [6.45, 7) is 5.61. The molecule has 1 saturated carbocycles. The molecule has 0 aromatic carbocycles.